The molecule has 0 amide bonds. The summed E-state index contributed by atoms with van der Waals surface area (Å²) in [5.41, 5.74) is 0.961. The van der Waals surface area contributed by atoms with Crippen LogP contribution in [0.5, 0.6) is 0 Å². The summed E-state index contributed by atoms with van der Waals surface area (Å²) in [5, 5.41) is 8.64. The van der Waals surface area contributed by atoms with Gasteiger partial charge in [-0.1, -0.05) is 12.1 Å². The summed E-state index contributed by atoms with van der Waals surface area (Å²) >= 11 is 1.57. The largest absolute Gasteiger partial charge is 0.298 e. The van der Waals surface area contributed by atoms with Crippen LogP contribution in [0.4, 0.5) is 0 Å². The van der Waals surface area contributed by atoms with Gasteiger partial charge in [0.05, 0.1) is 5.39 Å². The van der Waals surface area contributed by atoms with Gasteiger partial charge in [0, 0.05) is 4.88 Å². The molecule has 2 heterocycles. The Kier molecular flexibility index (Phi) is 2.97. The highest BCUT2D eigenvalue weighted by Crippen LogP contribution is 2.35. The summed E-state index contributed by atoms with van der Waals surface area (Å²) in [4.78, 5) is 25.5. The second-order valence-corrected chi connectivity index (χ2v) is 6.37. The van der Waals surface area contributed by atoms with Gasteiger partial charge in [-0.2, -0.15) is 0 Å². The first-order chi connectivity index (χ1) is 9.06. The Morgan fingerprint density at radius 2 is 2.32 bits per heavy atom. The molecule has 100 valence electrons. The molecule has 0 radical (unpaired) electrons. The van der Waals surface area contributed by atoms with Gasteiger partial charge in [0.15, 0.2) is 10.6 Å². The molecule has 0 N–H and O–H groups in total. The van der Waals surface area contributed by atoms with E-state index in [9.17, 15) is 9.59 Å². The SMILES string of the molecule is CC(=O)Cn1nnc2sc3c(c2c1=O)CC[C@@H](C)C3. The molecule has 1 atom stereocenters. The molecule has 0 bridgehead atoms. The molecule has 6 heteroatoms. The smallest absolute Gasteiger partial charge is 0.279 e. The Hall–Kier alpha value is -1.56. The van der Waals surface area contributed by atoms with Crippen LogP contribution < -0.4 is 5.56 Å². The third-order valence-electron chi connectivity index (χ3n) is 3.56. The molecule has 0 aromatic carbocycles. The molecule has 2 aromatic heterocycles. The zero-order chi connectivity index (χ0) is 13.6. The fourth-order valence-electron chi connectivity index (χ4n) is 2.61. The molecule has 0 saturated carbocycles. The van der Waals surface area contributed by atoms with E-state index in [0.717, 1.165) is 24.8 Å². The van der Waals surface area contributed by atoms with Crippen molar-refractivity contribution < 1.29 is 4.79 Å². The number of carbonyl (C=O) groups is 1. The van der Waals surface area contributed by atoms with Gasteiger partial charge in [-0.05, 0) is 37.7 Å². The van der Waals surface area contributed by atoms with Crippen LogP contribution in [0.25, 0.3) is 10.2 Å². The summed E-state index contributed by atoms with van der Waals surface area (Å²) in [6.07, 6.45) is 3.05. The molecule has 0 spiro atoms. The number of aromatic nitrogens is 3. The first kappa shape index (κ1) is 12.5. The minimum Gasteiger partial charge on any atom is -0.298 e. The minimum atomic E-state index is -0.174. The van der Waals surface area contributed by atoms with Crippen LogP contribution in [0.15, 0.2) is 4.79 Å². The monoisotopic (exact) mass is 277 g/mol. The van der Waals surface area contributed by atoms with E-state index in [1.807, 2.05) is 0 Å². The number of hydrogen-bond donors (Lipinski definition) is 0. The second kappa shape index (κ2) is 4.52. The average molecular weight is 277 g/mol. The van der Waals surface area contributed by atoms with Gasteiger partial charge in [0.1, 0.15) is 6.54 Å². The highest BCUT2D eigenvalue weighted by atomic mass is 32.1. The van der Waals surface area contributed by atoms with Crippen molar-refractivity contribution in [2.45, 2.75) is 39.7 Å². The van der Waals surface area contributed by atoms with E-state index >= 15 is 0 Å². The Bertz CT molecular complexity index is 716. The number of fused-ring (bicyclic) bond motifs is 3. The number of rotatable bonds is 2. The predicted octanol–water partition coefficient (Wildman–Crippen LogP) is 1.57. The average Bonchev–Trinajstić information content (AvgIpc) is 2.70. The molecule has 2 aromatic rings. The number of Topliss-reactive ketones (excluding diaryl/α,β-unsaturated/α-hetero) is 1. The summed E-state index contributed by atoms with van der Waals surface area (Å²) in [6.45, 7) is 3.68. The Balaban J connectivity index is 2.20. The van der Waals surface area contributed by atoms with Crippen molar-refractivity contribution in [3.63, 3.8) is 0 Å². The van der Waals surface area contributed by atoms with Crippen molar-refractivity contribution in [1.29, 1.82) is 0 Å². The highest BCUT2D eigenvalue weighted by molar-refractivity contribution is 7.18. The molecule has 0 fully saturated rings. The molecule has 1 aliphatic carbocycles. The van der Waals surface area contributed by atoms with Crippen LogP contribution in [0.3, 0.4) is 0 Å². The molecule has 0 aliphatic heterocycles. The zero-order valence-corrected chi connectivity index (χ0v) is 11.8. The van der Waals surface area contributed by atoms with E-state index < -0.39 is 0 Å². The number of aryl methyl sites for hydroxylation is 1. The number of carbonyl (C=O) groups excluding carboxylic acids is 1. The topological polar surface area (TPSA) is 64.8 Å². The quantitative estimate of drug-likeness (QED) is 0.835. The number of hydrogen-bond acceptors (Lipinski definition) is 5. The Morgan fingerprint density at radius 3 is 3.05 bits per heavy atom. The number of nitrogens with zero attached hydrogens (tertiary/aromatic N) is 3. The summed E-state index contributed by atoms with van der Waals surface area (Å²) in [6, 6.07) is 0. The fraction of sp³-hybridized carbons (Fsp3) is 0.538. The van der Waals surface area contributed by atoms with Crippen molar-refractivity contribution in [3.8, 4) is 0 Å². The van der Waals surface area contributed by atoms with E-state index in [-0.39, 0.29) is 17.9 Å². The lowest BCUT2D eigenvalue weighted by atomic mass is 9.89. The van der Waals surface area contributed by atoms with Gasteiger partial charge in [-0.15, -0.1) is 16.4 Å². The van der Waals surface area contributed by atoms with Gasteiger partial charge < -0.3 is 0 Å². The molecule has 1 aliphatic rings. The molecule has 0 unspecified atom stereocenters. The van der Waals surface area contributed by atoms with E-state index in [2.05, 4.69) is 17.2 Å². The van der Waals surface area contributed by atoms with E-state index in [4.69, 9.17) is 0 Å². The molecule has 5 nitrogen and oxygen atoms in total. The number of thiophene rings is 1. The fourth-order valence-corrected chi connectivity index (χ4v) is 3.92. The second-order valence-electron chi connectivity index (χ2n) is 5.29. The molecule has 3 rings (SSSR count). The summed E-state index contributed by atoms with van der Waals surface area (Å²) in [7, 11) is 0. The van der Waals surface area contributed by atoms with Gasteiger partial charge in [-0.3, -0.25) is 9.59 Å². The molecule has 19 heavy (non-hydrogen) atoms. The van der Waals surface area contributed by atoms with Crippen molar-refractivity contribution in [3.05, 3.63) is 20.8 Å². The van der Waals surface area contributed by atoms with Crippen molar-refractivity contribution in [2.75, 3.05) is 0 Å². The third kappa shape index (κ3) is 2.10. The van der Waals surface area contributed by atoms with Gasteiger partial charge in [0.25, 0.3) is 5.56 Å². The minimum absolute atomic E-state index is 0.00277. The van der Waals surface area contributed by atoms with E-state index in [0.29, 0.717) is 16.1 Å². The van der Waals surface area contributed by atoms with E-state index in [1.54, 1.807) is 11.3 Å². The summed E-state index contributed by atoms with van der Waals surface area (Å²) in [5.74, 6) is 0.571. The first-order valence-electron chi connectivity index (χ1n) is 6.43. The number of ketones is 1. The maximum atomic E-state index is 12.4. The lowest BCUT2D eigenvalue weighted by Crippen LogP contribution is -2.27. The normalized spacial score (nSPS) is 18.5. The van der Waals surface area contributed by atoms with Crippen LogP contribution >= 0.6 is 11.3 Å². The molecular formula is C13H15N3O2S. The standard InChI is InChI=1S/C13H15N3O2S/c1-7-3-4-9-10(5-7)19-12-11(9)13(18)16(15-14-12)6-8(2)17/h7H,3-6H2,1-2H3/t7-/m1/s1. The van der Waals surface area contributed by atoms with Gasteiger partial charge in [-0.25, -0.2) is 4.68 Å². The maximum Gasteiger partial charge on any atom is 0.279 e. The Labute approximate surface area is 114 Å². The lowest BCUT2D eigenvalue weighted by Gasteiger charge is -2.17. The van der Waals surface area contributed by atoms with Crippen LogP contribution in [-0.4, -0.2) is 20.8 Å². The highest BCUT2D eigenvalue weighted by Gasteiger charge is 2.23. The van der Waals surface area contributed by atoms with Crippen LogP contribution in [-0.2, 0) is 24.2 Å². The maximum absolute atomic E-state index is 12.4. The van der Waals surface area contributed by atoms with Crippen LogP contribution in [0.1, 0.15) is 30.7 Å². The summed E-state index contributed by atoms with van der Waals surface area (Å²) < 4.78 is 1.18. The van der Waals surface area contributed by atoms with Crippen molar-refractivity contribution >= 4 is 27.3 Å². The molecule has 0 saturated heterocycles. The lowest BCUT2D eigenvalue weighted by molar-refractivity contribution is -0.117. The van der Waals surface area contributed by atoms with Crippen LogP contribution in [0.2, 0.25) is 0 Å². The predicted molar refractivity (Wildman–Crippen MR) is 73.5 cm³/mol. The first-order valence-corrected chi connectivity index (χ1v) is 7.25. The van der Waals surface area contributed by atoms with Crippen molar-refractivity contribution in [1.82, 2.24) is 15.0 Å². The van der Waals surface area contributed by atoms with Gasteiger partial charge in [0.2, 0.25) is 0 Å². The zero-order valence-electron chi connectivity index (χ0n) is 11.0. The Morgan fingerprint density at radius 1 is 1.53 bits per heavy atom. The third-order valence-corrected chi connectivity index (χ3v) is 4.70. The van der Waals surface area contributed by atoms with Crippen molar-refractivity contribution in [2.24, 2.45) is 5.92 Å². The van der Waals surface area contributed by atoms with Crippen LogP contribution in [0, 0.1) is 5.92 Å². The molecular weight excluding hydrogens is 262 g/mol. The van der Waals surface area contributed by atoms with E-state index in [1.165, 1.54) is 16.5 Å². The van der Waals surface area contributed by atoms with Gasteiger partial charge >= 0.3 is 0 Å².